The van der Waals surface area contributed by atoms with Crippen LogP contribution in [0.15, 0.2) is 90.1 Å². The maximum Gasteiger partial charge on any atom is 0.254 e. The van der Waals surface area contributed by atoms with Gasteiger partial charge < -0.3 is 9.80 Å². The molecule has 7 nitrogen and oxygen atoms in total. The van der Waals surface area contributed by atoms with Crippen molar-refractivity contribution < 1.29 is 9.59 Å². The largest absolute Gasteiger partial charge is 0.338 e. The zero-order valence-corrected chi connectivity index (χ0v) is 21.8. The second kappa shape index (κ2) is 11.0. The van der Waals surface area contributed by atoms with Gasteiger partial charge in [0.15, 0.2) is 11.0 Å². The summed E-state index contributed by atoms with van der Waals surface area (Å²) in [6.07, 6.45) is 0. The molecule has 1 atom stereocenters. The standard InChI is InChI=1S/C29H29N5O2S/c1-21-13-15-24(16-14-21)28(36)33-18-17-32(19-22(33)2)26(35)20-37-29-31-30-27(23-9-5-3-6-10-23)34(29)25-11-7-4-8-12-25/h3-16,22H,17-20H2,1-2H3. The Kier molecular flexibility index (Phi) is 7.37. The topological polar surface area (TPSA) is 71.3 Å². The van der Waals surface area contributed by atoms with Crippen molar-refractivity contribution in [1.29, 1.82) is 0 Å². The van der Waals surface area contributed by atoms with E-state index in [1.807, 2.05) is 113 Å². The lowest BCUT2D eigenvalue weighted by Gasteiger charge is -2.40. The van der Waals surface area contributed by atoms with Crippen LogP contribution in [-0.2, 0) is 4.79 Å². The third kappa shape index (κ3) is 5.44. The molecule has 1 aliphatic heterocycles. The van der Waals surface area contributed by atoms with Crippen molar-refractivity contribution in [3.8, 4) is 17.1 Å². The number of nitrogens with zero attached hydrogens (tertiary/aromatic N) is 5. The summed E-state index contributed by atoms with van der Waals surface area (Å²) < 4.78 is 1.99. The van der Waals surface area contributed by atoms with E-state index in [2.05, 4.69) is 10.2 Å². The molecule has 4 aromatic rings. The molecule has 0 N–H and O–H groups in total. The maximum atomic E-state index is 13.2. The average molecular weight is 512 g/mol. The van der Waals surface area contributed by atoms with Crippen molar-refractivity contribution in [3.63, 3.8) is 0 Å². The Bertz CT molecular complexity index is 1370. The smallest absolute Gasteiger partial charge is 0.254 e. The number of hydrogen-bond donors (Lipinski definition) is 0. The summed E-state index contributed by atoms with van der Waals surface area (Å²) in [5.74, 6) is 1.03. The number of para-hydroxylation sites is 1. The van der Waals surface area contributed by atoms with Gasteiger partial charge in [0.25, 0.3) is 5.91 Å². The van der Waals surface area contributed by atoms with Gasteiger partial charge >= 0.3 is 0 Å². The monoisotopic (exact) mass is 511 g/mol. The number of benzene rings is 3. The van der Waals surface area contributed by atoms with Gasteiger partial charge in [-0.15, -0.1) is 10.2 Å². The molecule has 0 spiro atoms. The summed E-state index contributed by atoms with van der Waals surface area (Å²) in [5.41, 5.74) is 3.71. The van der Waals surface area contributed by atoms with Crippen molar-refractivity contribution in [3.05, 3.63) is 96.1 Å². The molecule has 1 fully saturated rings. The van der Waals surface area contributed by atoms with E-state index >= 15 is 0 Å². The molecule has 5 rings (SSSR count). The van der Waals surface area contributed by atoms with E-state index in [9.17, 15) is 9.59 Å². The number of aromatic nitrogens is 3. The predicted molar refractivity (Wildman–Crippen MR) is 146 cm³/mol. The van der Waals surface area contributed by atoms with Crippen molar-refractivity contribution in [2.75, 3.05) is 25.4 Å². The van der Waals surface area contributed by atoms with Gasteiger partial charge in [0, 0.05) is 42.5 Å². The zero-order chi connectivity index (χ0) is 25.8. The van der Waals surface area contributed by atoms with E-state index in [4.69, 9.17) is 0 Å². The van der Waals surface area contributed by atoms with Crippen LogP contribution in [0.3, 0.4) is 0 Å². The molecule has 1 aromatic heterocycles. The van der Waals surface area contributed by atoms with Gasteiger partial charge in [0.1, 0.15) is 0 Å². The van der Waals surface area contributed by atoms with Crippen LogP contribution in [0.4, 0.5) is 0 Å². The van der Waals surface area contributed by atoms with Gasteiger partial charge in [0.2, 0.25) is 5.91 Å². The molecule has 0 saturated carbocycles. The third-order valence-corrected chi connectivity index (χ3v) is 7.46. The molecule has 0 bridgehead atoms. The fraction of sp³-hybridized carbons (Fsp3) is 0.241. The maximum absolute atomic E-state index is 13.2. The van der Waals surface area contributed by atoms with Crippen LogP contribution < -0.4 is 0 Å². The first-order valence-corrected chi connectivity index (χ1v) is 13.3. The number of piperazine rings is 1. The average Bonchev–Trinajstić information content (AvgIpc) is 3.36. The second-order valence-corrected chi connectivity index (χ2v) is 10.1. The van der Waals surface area contributed by atoms with Crippen LogP contribution in [-0.4, -0.2) is 67.8 Å². The minimum absolute atomic E-state index is 0.0124. The van der Waals surface area contributed by atoms with Crippen LogP contribution in [0.5, 0.6) is 0 Å². The molecule has 37 heavy (non-hydrogen) atoms. The molecule has 1 aliphatic rings. The molecule has 188 valence electrons. The lowest BCUT2D eigenvalue weighted by molar-refractivity contribution is -0.130. The van der Waals surface area contributed by atoms with Gasteiger partial charge in [-0.2, -0.15) is 0 Å². The number of carbonyl (C=O) groups excluding carboxylic acids is 2. The van der Waals surface area contributed by atoms with E-state index < -0.39 is 0 Å². The number of amides is 2. The minimum atomic E-state index is -0.0610. The number of carbonyl (C=O) groups is 2. The van der Waals surface area contributed by atoms with Gasteiger partial charge in [-0.05, 0) is 38.1 Å². The minimum Gasteiger partial charge on any atom is -0.338 e. The summed E-state index contributed by atoms with van der Waals surface area (Å²) >= 11 is 1.38. The molecule has 1 unspecified atom stereocenters. The Hall–Kier alpha value is -3.91. The fourth-order valence-corrected chi connectivity index (χ4v) is 5.37. The van der Waals surface area contributed by atoms with Crippen molar-refractivity contribution in [1.82, 2.24) is 24.6 Å². The molecule has 0 aliphatic carbocycles. The normalized spacial score (nSPS) is 15.6. The number of hydrogen-bond acceptors (Lipinski definition) is 5. The Morgan fingerprint density at radius 2 is 1.57 bits per heavy atom. The summed E-state index contributed by atoms with van der Waals surface area (Å²) in [4.78, 5) is 29.9. The summed E-state index contributed by atoms with van der Waals surface area (Å²) in [6, 6.07) is 27.4. The molecule has 0 radical (unpaired) electrons. The van der Waals surface area contributed by atoms with Gasteiger partial charge in [-0.1, -0.05) is 78.0 Å². The number of thioether (sulfide) groups is 1. The third-order valence-electron chi connectivity index (χ3n) is 6.54. The Labute approximate surface area is 221 Å². The first-order chi connectivity index (χ1) is 18.0. The highest BCUT2D eigenvalue weighted by molar-refractivity contribution is 7.99. The van der Waals surface area contributed by atoms with Crippen molar-refractivity contribution in [2.24, 2.45) is 0 Å². The molecule has 2 amide bonds. The van der Waals surface area contributed by atoms with Gasteiger partial charge in [-0.25, -0.2) is 0 Å². The molecule has 3 aromatic carbocycles. The molecule has 2 heterocycles. The van der Waals surface area contributed by atoms with Crippen molar-refractivity contribution in [2.45, 2.75) is 25.0 Å². The lowest BCUT2D eigenvalue weighted by Crippen LogP contribution is -2.55. The van der Waals surface area contributed by atoms with E-state index in [1.54, 1.807) is 0 Å². The Morgan fingerprint density at radius 1 is 0.892 bits per heavy atom. The van der Waals surface area contributed by atoms with Crippen LogP contribution in [0.25, 0.3) is 17.1 Å². The predicted octanol–water partition coefficient (Wildman–Crippen LogP) is 4.71. The highest BCUT2D eigenvalue weighted by atomic mass is 32.2. The second-order valence-electron chi connectivity index (χ2n) is 9.19. The van der Waals surface area contributed by atoms with Gasteiger partial charge in [0.05, 0.1) is 5.75 Å². The first kappa shape index (κ1) is 24.8. The van der Waals surface area contributed by atoms with Gasteiger partial charge in [-0.3, -0.25) is 14.2 Å². The van der Waals surface area contributed by atoms with E-state index in [1.165, 1.54) is 11.8 Å². The number of rotatable bonds is 6. The highest BCUT2D eigenvalue weighted by Gasteiger charge is 2.30. The summed E-state index contributed by atoms with van der Waals surface area (Å²) in [7, 11) is 0. The molecular weight excluding hydrogens is 482 g/mol. The van der Waals surface area contributed by atoms with Crippen molar-refractivity contribution >= 4 is 23.6 Å². The molecular formula is C29H29N5O2S. The molecule has 1 saturated heterocycles. The van der Waals surface area contributed by atoms with Crippen LogP contribution in [0, 0.1) is 6.92 Å². The van der Waals surface area contributed by atoms with E-state index in [0.29, 0.717) is 30.4 Å². The Morgan fingerprint density at radius 3 is 2.24 bits per heavy atom. The first-order valence-electron chi connectivity index (χ1n) is 12.4. The van der Waals surface area contributed by atoms with E-state index in [0.717, 1.165) is 22.6 Å². The summed E-state index contributed by atoms with van der Waals surface area (Å²) in [5, 5.41) is 9.55. The SMILES string of the molecule is Cc1ccc(C(=O)N2CCN(C(=O)CSc3nnc(-c4ccccc4)n3-c3ccccc3)CC2C)cc1. The highest BCUT2D eigenvalue weighted by Crippen LogP contribution is 2.28. The lowest BCUT2D eigenvalue weighted by atomic mass is 10.1. The van der Waals surface area contributed by atoms with Crippen LogP contribution in [0.1, 0.15) is 22.8 Å². The van der Waals surface area contributed by atoms with Crippen LogP contribution >= 0.6 is 11.8 Å². The summed E-state index contributed by atoms with van der Waals surface area (Å²) in [6.45, 7) is 5.54. The van der Waals surface area contributed by atoms with Crippen LogP contribution in [0.2, 0.25) is 0 Å². The van der Waals surface area contributed by atoms with E-state index in [-0.39, 0.29) is 23.6 Å². The molecule has 8 heteroatoms. The fourth-order valence-electron chi connectivity index (χ4n) is 4.51. The zero-order valence-electron chi connectivity index (χ0n) is 20.9. The quantitative estimate of drug-likeness (QED) is 0.351. The number of aryl methyl sites for hydroxylation is 1. The Balaban J connectivity index is 1.26.